The third kappa shape index (κ3) is 12.3. The van der Waals surface area contributed by atoms with E-state index in [4.69, 9.17) is 23.7 Å². The lowest BCUT2D eigenvalue weighted by molar-refractivity contribution is -0.310. The number of pyridine rings is 1. The Morgan fingerprint density at radius 2 is 1.84 bits per heavy atom. The summed E-state index contributed by atoms with van der Waals surface area (Å²) in [5.74, 6) is -2.20. The van der Waals surface area contributed by atoms with Gasteiger partial charge in [0, 0.05) is 44.6 Å². The number of nitrogens with zero attached hydrogens (tertiary/aromatic N) is 3. The molecule has 0 amide bonds. The maximum atomic E-state index is 13.5. The Kier molecular flexibility index (Phi) is 17.8. The van der Waals surface area contributed by atoms with E-state index in [1.165, 1.54) is 7.11 Å². The lowest BCUT2D eigenvalue weighted by Gasteiger charge is -2.47. The summed E-state index contributed by atoms with van der Waals surface area (Å²) in [6, 6.07) is 9.25. The van der Waals surface area contributed by atoms with E-state index in [0.717, 1.165) is 22.8 Å². The molecule has 2 aliphatic heterocycles. The topological polar surface area (TPSA) is 177 Å². The first-order chi connectivity index (χ1) is 26.8. The van der Waals surface area contributed by atoms with Crippen molar-refractivity contribution in [1.82, 2.24) is 14.8 Å². The number of hydrogen-bond donors (Lipinski definition) is 3. The number of ether oxygens (including phenoxy) is 5. The fourth-order valence-corrected chi connectivity index (χ4v) is 7.94. The van der Waals surface area contributed by atoms with Crippen LogP contribution in [-0.4, -0.2) is 151 Å². The standard InChI is InChI=1S/C42H63N3O11/c1-8-35(48)55-34-23-36(49)53-21-18-28(12-11-13-29-16-19-43-32-15-10-9-14-31(29)32)24-45(6)25-33(47)26(2)22-30(17-20-46)40(41(34)52-7)56-42-39(51)37(44(4)5)38(50)27(3)54-42/h9-12,14-16,19-20,26-28,30,33-34,37-42,47,50-51H,8,13,17-18,21-25H2,1-7H3/t26-,27?,28?,30+,33+,34-,37?,38-,39?,40+,41+,42+/m1/s1. The van der Waals surface area contributed by atoms with Gasteiger partial charge in [-0.3, -0.25) is 14.6 Å². The molecule has 0 bridgehead atoms. The first-order valence-electron chi connectivity index (χ1n) is 19.8. The predicted molar refractivity (Wildman–Crippen MR) is 209 cm³/mol. The average Bonchev–Trinajstić information content (AvgIpc) is 3.15. The van der Waals surface area contributed by atoms with Gasteiger partial charge in [-0.1, -0.05) is 44.2 Å². The van der Waals surface area contributed by atoms with Crippen LogP contribution in [0.15, 0.2) is 48.7 Å². The number of carbonyl (C=O) groups excluding carboxylic acids is 3. The Morgan fingerprint density at radius 1 is 1.09 bits per heavy atom. The van der Waals surface area contributed by atoms with Gasteiger partial charge in [-0.15, -0.1) is 0 Å². The largest absolute Gasteiger partial charge is 0.466 e. The van der Waals surface area contributed by atoms with Crippen molar-refractivity contribution in [3.05, 3.63) is 54.2 Å². The minimum Gasteiger partial charge on any atom is -0.466 e. The molecule has 14 nitrogen and oxygen atoms in total. The number of rotatable bonds is 11. The number of allylic oxidation sites excluding steroid dienone is 1. The van der Waals surface area contributed by atoms with E-state index in [9.17, 15) is 29.7 Å². The molecule has 2 aromatic rings. The van der Waals surface area contributed by atoms with Gasteiger partial charge in [-0.05, 0) is 82.8 Å². The van der Waals surface area contributed by atoms with Crippen LogP contribution in [0.25, 0.3) is 10.9 Å². The monoisotopic (exact) mass is 785 g/mol. The number of carbonyl (C=O) groups is 3. The Bertz CT molecular complexity index is 1570. The van der Waals surface area contributed by atoms with Gasteiger partial charge in [-0.2, -0.15) is 0 Å². The molecule has 2 fully saturated rings. The van der Waals surface area contributed by atoms with E-state index in [2.05, 4.69) is 23.2 Å². The van der Waals surface area contributed by atoms with Gasteiger partial charge < -0.3 is 53.6 Å². The number of cyclic esters (lactones) is 1. The number of likely N-dealkylation sites (N-methyl/N-ethyl adjacent to an activating group) is 2. The highest BCUT2D eigenvalue weighted by Gasteiger charge is 2.48. The first-order valence-corrected chi connectivity index (χ1v) is 19.8. The fourth-order valence-electron chi connectivity index (χ4n) is 7.94. The molecule has 0 saturated carbocycles. The molecule has 4 rings (SSSR count). The fraction of sp³-hybridized carbons (Fsp3) is 0.667. The van der Waals surface area contributed by atoms with Crippen molar-refractivity contribution in [2.24, 2.45) is 17.8 Å². The molecule has 1 aromatic heterocycles. The highest BCUT2D eigenvalue weighted by molar-refractivity contribution is 5.82. The SMILES string of the molecule is CCC(=O)O[C@@H]1CC(=O)OCCC(C=CCc2ccnc3ccccc23)CN(C)C[C@H](O)[C@H](C)C[C@H](CC=O)[C@H](O[C@@H]2OC(C)[C@@H](O)C(N(C)C)C2O)[C@H]1OC. The molecule has 0 spiro atoms. The van der Waals surface area contributed by atoms with E-state index < -0.39 is 72.9 Å². The second kappa shape index (κ2) is 22.0. The molecule has 3 N–H and O–H groups in total. The number of aldehydes is 1. The highest BCUT2D eigenvalue weighted by Crippen LogP contribution is 2.34. The quantitative estimate of drug-likeness (QED) is 0.172. The van der Waals surface area contributed by atoms with Gasteiger partial charge >= 0.3 is 11.9 Å². The number of β-amino-alcohol motifs (C(OH)–C–C–N with tert-alkyl or cyclic N) is 1. The molecule has 2 saturated heterocycles. The van der Waals surface area contributed by atoms with Crippen LogP contribution in [0.2, 0.25) is 0 Å². The van der Waals surface area contributed by atoms with Gasteiger partial charge in [0.1, 0.15) is 24.6 Å². The molecule has 312 valence electrons. The average molecular weight is 786 g/mol. The summed E-state index contributed by atoms with van der Waals surface area (Å²) in [6.07, 6.45) is -0.697. The van der Waals surface area contributed by atoms with Crippen LogP contribution in [0.3, 0.4) is 0 Å². The van der Waals surface area contributed by atoms with E-state index in [-0.39, 0.29) is 44.1 Å². The molecular formula is C42H63N3O11. The summed E-state index contributed by atoms with van der Waals surface area (Å²) in [5.41, 5.74) is 2.07. The highest BCUT2D eigenvalue weighted by atomic mass is 16.7. The Balaban J connectivity index is 1.64. The summed E-state index contributed by atoms with van der Waals surface area (Å²) in [6.45, 7) is 6.19. The second-order valence-corrected chi connectivity index (χ2v) is 15.6. The number of methoxy groups -OCH3 is 1. The van der Waals surface area contributed by atoms with Gasteiger partial charge in [0.05, 0.1) is 49.0 Å². The number of hydrogen-bond acceptors (Lipinski definition) is 14. The minimum atomic E-state index is -1.32. The molecule has 2 aliphatic rings. The summed E-state index contributed by atoms with van der Waals surface area (Å²) < 4.78 is 30.2. The van der Waals surface area contributed by atoms with Crippen LogP contribution >= 0.6 is 0 Å². The Labute approximate surface area is 331 Å². The van der Waals surface area contributed by atoms with E-state index in [0.29, 0.717) is 25.9 Å². The van der Waals surface area contributed by atoms with Crippen LogP contribution in [0.1, 0.15) is 58.4 Å². The van der Waals surface area contributed by atoms with Gasteiger partial charge in [-0.25, -0.2) is 0 Å². The molecule has 0 radical (unpaired) electrons. The lowest BCUT2D eigenvalue weighted by atomic mass is 9.82. The molecule has 4 unspecified atom stereocenters. The maximum absolute atomic E-state index is 13.5. The smallest absolute Gasteiger partial charge is 0.309 e. The van der Waals surface area contributed by atoms with Crippen LogP contribution in [0.5, 0.6) is 0 Å². The van der Waals surface area contributed by atoms with Crippen molar-refractivity contribution in [1.29, 1.82) is 0 Å². The zero-order chi connectivity index (χ0) is 40.9. The van der Waals surface area contributed by atoms with Crippen LogP contribution < -0.4 is 0 Å². The van der Waals surface area contributed by atoms with Crippen molar-refractivity contribution >= 4 is 29.1 Å². The molecule has 0 aliphatic carbocycles. The van der Waals surface area contributed by atoms with Crippen molar-refractivity contribution in [3.8, 4) is 0 Å². The number of fused-ring (bicyclic) bond motifs is 1. The normalized spacial score (nSPS) is 33.4. The van der Waals surface area contributed by atoms with Crippen molar-refractivity contribution < 1.29 is 53.4 Å². The Hall–Kier alpha value is -3.34. The first kappa shape index (κ1) is 45.4. The van der Waals surface area contributed by atoms with Crippen molar-refractivity contribution in [2.75, 3.05) is 47.9 Å². The van der Waals surface area contributed by atoms with Crippen LogP contribution in [0.4, 0.5) is 0 Å². The molecule has 14 heteroatoms. The molecule has 3 heterocycles. The minimum absolute atomic E-state index is 0.0221. The third-order valence-corrected chi connectivity index (χ3v) is 11.1. The van der Waals surface area contributed by atoms with Gasteiger partial charge in [0.25, 0.3) is 0 Å². The zero-order valence-electron chi connectivity index (χ0n) is 33.9. The number of benzene rings is 1. The summed E-state index contributed by atoms with van der Waals surface area (Å²) in [4.78, 5) is 46.8. The van der Waals surface area contributed by atoms with Crippen molar-refractivity contribution in [2.45, 2.75) is 114 Å². The number of para-hydroxylation sites is 1. The van der Waals surface area contributed by atoms with Crippen LogP contribution in [-0.2, 0) is 44.5 Å². The lowest BCUT2D eigenvalue weighted by Crippen LogP contribution is -2.63. The molecular weight excluding hydrogens is 722 g/mol. The molecule has 1 aromatic carbocycles. The number of aromatic nitrogens is 1. The van der Waals surface area contributed by atoms with E-state index >= 15 is 0 Å². The van der Waals surface area contributed by atoms with E-state index in [1.807, 2.05) is 43.1 Å². The van der Waals surface area contributed by atoms with Crippen LogP contribution in [0, 0.1) is 17.8 Å². The Morgan fingerprint density at radius 3 is 2.54 bits per heavy atom. The molecule has 12 atom stereocenters. The number of aliphatic hydroxyl groups excluding tert-OH is 3. The predicted octanol–water partition coefficient (Wildman–Crippen LogP) is 2.93. The van der Waals surface area contributed by atoms with Gasteiger partial charge in [0.2, 0.25) is 0 Å². The van der Waals surface area contributed by atoms with E-state index in [1.54, 1.807) is 39.0 Å². The second-order valence-electron chi connectivity index (χ2n) is 15.6. The number of esters is 2. The number of aliphatic hydroxyl groups is 3. The molecule has 56 heavy (non-hydrogen) atoms. The van der Waals surface area contributed by atoms with Crippen molar-refractivity contribution in [3.63, 3.8) is 0 Å². The summed E-state index contributed by atoms with van der Waals surface area (Å²) in [5, 5.41) is 35.0. The summed E-state index contributed by atoms with van der Waals surface area (Å²) >= 11 is 0. The third-order valence-electron chi connectivity index (χ3n) is 11.1. The maximum Gasteiger partial charge on any atom is 0.309 e. The zero-order valence-corrected chi connectivity index (χ0v) is 33.9. The summed E-state index contributed by atoms with van der Waals surface area (Å²) in [7, 11) is 6.77. The van der Waals surface area contributed by atoms with Gasteiger partial charge in [0.15, 0.2) is 6.29 Å².